The van der Waals surface area contributed by atoms with Crippen molar-refractivity contribution in [1.29, 1.82) is 0 Å². The number of piperidine rings is 1. The molecule has 4 rings (SSSR count). The van der Waals surface area contributed by atoms with Gasteiger partial charge in [-0.2, -0.15) is 0 Å². The van der Waals surface area contributed by atoms with Crippen LogP contribution in [0.15, 0.2) is 48.5 Å². The Hall–Kier alpha value is -1.95. The zero-order chi connectivity index (χ0) is 25.1. The lowest BCUT2D eigenvalue weighted by Crippen LogP contribution is -2.55. The van der Waals surface area contributed by atoms with Gasteiger partial charge in [-0.15, -0.1) is 0 Å². The van der Waals surface area contributed by atoms with Crippen molar-refractivity contribution >= 4 is 17.5 Å². The van der Waals surface area contributed by atoms with Crippen LogP contribution in [0.4, 0.5) is 4.39 Å². The van der Waals surface area contributed by atoms with Crippen LogP contribution in [0.25, 0.3) is 0 Å². The van der Waals surface area contributed by atoms with Crippen LogP contribution in [0.5, 0.6) is 0 Å². The first-order valence-corrected chi connectivity index (χ1v) is 13.3. The Kier molecular flexibility index (Phi) is 8.19. The first kappa shape index (κ1) is 26.1. The number of likely N-dealkylation sites (tertiary alicyclic amines) is 2. The maximum Gasteiger partial charge on any atom is 0.223 e. The molecule has 1 N–H and O–H groups in total. The number of carbonyl (C=O) groups excluding carboxylic acids is 1. The highest BCUT2D eigenvalue weighted by molar-refractivity contribution is 6.30. The number of rotatable bonds is 6. The molecule has 4 nitrogen and oxygen atoms in total. The zero-order valence-corrected chi connectivity index (χ0v) is 21.7. The Morgan fingerprint density at radius 3 is 2.49 bits per heavy atom. The molecule has 6 heteroatoms. The van der Waals surface area contributed by atoms with Crippen molar-refractivity contribution in [2.75, 3.05) is 32.7 Å². The molecule has 190 valence electrons. The van der Waals surface area contributed by atoms with Gasteiger partial charge in [0, 0.05) is 49.6 Å². The van der Waals surface area contributed by atoms with E-state index in [1.807, 2.05) is 41.3 Å². The first-order chi connectivity index (χ1) is 16.7. The van der Waals surface area contributed by atoms with E-state index in [0.29, 0.717) is 30.3 Å². The summed E-state index contributed by atoms with van der Waals surface area (Å²) in [4.78, 5) is 17.5. The summed E-state index contributed by atoms with van der Waals surface area (Å²) in [6, 6.07) is 14.3. The van der Waals surface area contributed by atoms with Crippen LogP contribution in [-0.2, 0) is 16.8 Å². The second-order valence-electron chi connectivity index (χ2n) is 11.1. The van der Waals surface area contributed by atoms with Crippen LogP contribution in [-0.4, -0.2) is 53.5 Å². The van der Waals surface area contributed by atoms with Crippen LogP contribution in [0, 0.1) is 17.2 Å². The van der Waals surface area contributed by atoms with Crippen molar-refractivity contribution in [3.8, 4) is 0 Å². The first-order valence-electron chi connectivity index (χ1n) is 12.9. The van der Waals surface area contributed by atoms with Crippen LogP contribution < -0.4 is 0 Å². The SMILES string of the molecule is CC1(C)CN(CCC(=O)N2CCCC[C@@H](Cc3ccc(F)cc3)C2)CC[C@]1(O)c1ccc(Cl)cc1. The molecule has 1 amide bonds. The van der Waals surface area contributed by atoms with Crippen molar-refractivity contribution in [3.63, 3.8) is 0 Å². The van der Waals surface area contributed by atoms with E-state index in [2.05, 4.69) is 18.7 Å². The molecule has 2 heterocycles. The molecule has 2 saturated heterocycles. The number of nitrogens with zero attached hydrogens (tertiary/aromatic N) is 2. The van der Waals surface area contributed by atoms with E-state index in [9.17, 15) is 14.3 Å². The van der Waals surface area contributed by atoms with Crippen molar-refractivity contribution in [2.24, 2.45) is 11.3 Å². The van der Waals surface area contributed by atoms with Gasteiger partial charge in [0.25, 0.3) is 0 Å². The van der Waals surface area contributed by atoms with E-state index < -0.39 is 5.60 Å². The van der Waals surface area contributed by atoms with Gasteiger partial charge in [0.05, 0.1) is 5.60 Å². The third kappa shape index (κ3) is 6.25. The summed E-state index contributed by atoms with van der Waals surface area (Å²) in [7, 11) is 0. The Morgan fingerprint density at radius 1 is 1.09 bits per heavy atom. The van der Waals surface area contributed by atoms with Crippen molar-refractivity contribution in [3.05, 3.63) is 70.5 Å². The lowest BCUT2D eigenvalue weighted by atomic mass is 9.66. The van der Waals surface area contributed by atoms with Crippen LogP contribution in [0.2, 0.25) is 5.02 Å². The number of aliphatic hydroxyl groups is 1. The van der Waals surface area contributed by atoms with Gasteiger partial charge in [-0.1, -0.05) is 56.1 Å². The quantitative estimate of drug-likeness (QED) is 0.556. The standard InChI is InChI=1S/C29H38ClFN2O2/c1-28(2)21-32(18-15-29(28,35)24-8-10-25(30)11-9-24)17-14-27(34)33-16-4-3-5-23(20-33)19-22-6-12-26(31)13-7-22/h6-13,23,35H,3-5,14-21H2,1-2H3/t23-,29-/m0/s1. The Bertz CT molecular complexity index is 995. The zero-order valence-electron chi connectivity index (χ0n) is 21.0. The Balaban J connectivity index is 1.31. The highest BCUT2D eigenvalue weighted by Gasteiger charge is 2.48. The maximum atomic E-state index is 13.3. The number of halogens is 2. The van der Waals surface area contributed by atoms with Gasteiger partial charge < -0.3 is 14.9 Å². The molecule has 2 fully saturated rings. The van der Waals surface area contributed by atoms with Gasteiger partial charge in [0.15, 0.2) is 0 Å². The molecule has 2 aliphatic heterocycles. The summed E-state index contributed by atoms with van der Waals surface area (Å²) in [5.74, 6) is 0.418. The minimum absolute atomic E-state index is 0.209. The molecule has 0 radical (unpaired) electrons. The fraction of sp³-hybridized carbons (Fsp3) is 0.552. The predicted molar refractivity (Wildman–Crippen MR) is 139 cm³/mol. The fourth-order valence-corrected chi connectivity index (χ4v) is 5.99. The normalized spacial score (nSPS) is 25.3. The summed E-state index contributed by atoms with van der Waals surface area (Å²) in [5, 5.41) is 12.3. The largest absolute Gasteiger partial charge is 0.385 e. The second-order valence-corrected chi connectivity index (χ2v) is 11.5. The third-order valence-corrected chi connectivity index (χ3v) is 8.30. The van der Waals surface area contributed by atoms with E-state index in [1.165, 1.54) is 12.1 Å². The van der Waals surface area contributed by atoms with Crippen LogP contribution in [0.3, 0.4) is 0 Å². The lowest BCUT2D eigenvalue weighted by Gasteiger charge is -2.50. The Morgan fingerprint density at radius 2 is 1.80 bits per heavy atom. The van der Waals surface area contributed by atoms with E-state index in [4.69, 9.17) is 11.6 Å². The summed E-state index contributed by atoms with van der Waals surface area (Å²) in [6.07, 6.45) is 5.27. The highest BCUT2D eigenvalue weighted by Crippen LogP contribution is 2.46. The molecule has 0 aliphatic carbocycles. The minimum atomic E-state index is -0.920. The minimum Gasteiger partial charge on any atom is -0.385 e. The molecular formula is C29H38ClFN2O2. The molecule has 35 heavy (non-hydrogen) atoms. The molecule has 0 unspecified atom stereocenters. The smallest absolute Gasteiger partial charge is 0.223 e. The number of hydrogen-bond donors (Lipinski definition) is 1. The summed E-state index contributed by atoms with van der Waals surface area (Å²) in [6.45, 7) is 7.99. The van der Waals surface area contributed by atoms with Crippen molar-refractivity contribution in [2.45, 2.75) is 58.0 Å². The Labute approximate surface area is 214 Å². The average Bonchev–Trinajstić information content (AvgIpc) is 3.07. The molecule has 2 atom stereocenters. The molecule has 2 aliphatic rings. The molecule has 2 aromatic carbocycles. The number of amides is 1. The number of carbonyl (C=O) groups is 1. The fourth-order valence-electron chi connectivity index (χ4n) is 5.87. The van der Waals surface area contributed by atoms with Gasteiger partial charge in [-0.3, -0.25) is 4.79 Å². The highest BCUT2D eigenvalue weighted by atomic mass is 35.5. The van der Waals surface area contributed by atoms with E-state index in [0.717, 1.165) is 63.0 Å². The molecule has 2 aromatic rings. The topological polar surface area (TPSA) is 43.8 Å². The molecule has 0 bridgehead atoms. The van der Waals surface area contributed by atoms with Gasteiger partial charge in [-0.25, -0.2) is 4.39 Å². The summed E-state index contributed by atoms with van der Waals surface area (Å²) in [5.41, 5.74) is 0.760. The van der Waals surface area contributed by atoms with Gasteiger partial charge in [0.2, 0.25) is 5.91 Å². The molecule has 0 saturated carbocycles. The van der Waals surface area contributed by atoms with Crippen LogP contribution in [0.1, 0.15) is 57.1 Å². The van der Waals surface area contributed by atoms with E-state index in [1.54, 1.807) is 0 Å². The lowest BCUT2D eigenvalue weighted by molar-refractivity contribution is -0.136. The predicted octanol–water partition coefficient (Wildman–Crippen LogP) is 5.66. The molecular weight excluding hydrogens is 463 g/mol. The molecule has 0 aromatic heterocycles. The van der Waals surface area contributed by atoms with Gasteiger partial charge in [-0.05, 0) is 67.0 Å². The van der Waals surface area contributed by atoms with E-state index >= 15 is 0 Å². The van der Waals surface area contributed by atoms with Gasteiger partial charge in [0.1, 0.15) is 5.82 Å². The second kappa shape index (κ2) is 11.0. The van der Waals surface area contributed by atoms with Crippen LogP contribution >= 0.6 is 11.6 Å². The molecule has 0 spiro atoms. The maximum absolute atomic E-state index is 13.3. The summed E-state index contributed by atoms with van der Waals surface area (Å²) < 4.78 is 13.3. The van der Waals surface area contributed by atoms with E-state index in [-0.39, 0.29) is 17.1 Å². The monoisotopic (exact) mass is 500 g/mol. The van der Waals surface area contributed by atoms with Gasteiger partial charge >= 0.3 is 0 Å². The number of hydrogen-bond acceptors (Lipinski definition) is 3. The number of benzene rings is 2. The third-order valence-electron chi connectivity index (χ3n) is 8.05. The average molecular weight is 501 g/mol. The van der Waals surface area contributed by atoms with Crippen molar-refractivity contribution < 1.29 is 14.3 Å². The van der Waals surface area contributed by atoms with Crippen molar-refractivity contribution in [1.82, 2.24) is 9.80 Å². The summed E-state index contributed by atoms with van der Waals surface area (Å²) >= 11 is 6.05.